The summed E-state index contributed by atoms with van der Waals surface area (Å²) in [5, 5.41) is 5.77. The van der Waals surface area contributed by atoms with Crippen LogP contribution < -0.4 is 15.5 Å². The van der Waals surface area contributed by atoms with Crippen molar-refractivity contribution in [3.8, 4) is 0 Å². The van der Waals surface area contributed by atoms with Gasteiger partial charge in [-0.2, -0.15) is 0 Å². The first-order valence-corrected chi connectivity index (χ1v) is 8.02. The van der Waals surface area contributed by atoms with Gasteiger partial charge in [-0.25, -0.2) is 4.90 Å². The second-order valence-corrected chi connectivity index (χ2v) is 6.07. The maximum atomic E-state index is 12.6. The van der Waals surface area contributed by atoms with Crippen LogP contribution >= 0.6 is 0 Å². The Bertz CT molecular complexity index is 830. The molecule has 1 fully saturated rings. The van der Waals surface area contributed by atoms with E-state index in [9.17, 15) is 14.4 Å². The Morgan fingerprint density at radius 1 is 1.08 bits per heavy atom. The van der Waals surface area contributed by atoms with Crippen molar-refractivity contribution in [1.29, 1.82) is 0 Å². The number of benzene rings is 2. The summed E-state index contributed by atoms with van der Waals surface area (Å²) < 4.78 is 0. The number of amides is 3. The van der Waals surface area contributed by atoms with Crippen LogP contribution in [0.2, 0.25) is 0 Å². The predicted octanol–water partition coefficient (Wildman–Crippen LogP) is 2.70. The highest BCUT2D eigenvalue weighted by Crippen LogP contribution is 2.26. The molecular formula is C19H19N3O3. The van der Waals surface area contributed by atoms with Crippen molar-refractivity contribution in [1.82, 2.24) is 0 Å². The lowest BCUT2D eigenvalue weighted by atomic mass is 10.2. The van der Waals surface area contributed by atoms with Crippen molar-refractivity contribution in [2.24, 2.45) is 0 Å². The molecule has 0 saturated carbocycles. The second kappa shape index (κ2) is 6.76. The number of anilines is 3. The van der Waals surface area contributed by atoms with E-state index < -0.39 is 6.04 Å². The average molecular weight is 337 g/mol. The second-order valence-electron chi connectivity index (χ2n) is 6.07. The molecule has 6 nitrogen and oxygen atoms in total. The zero-order valence-corrected chi connectivity index (χ0v) is 14.1. The van der Waals surface area contributed by atoms with Crippen LogP contribution in [-0.2, 0) is 14.4 Å². The molecule has 1 saturated heterocycles. The SMILES string of the molecule is CC(=O)Nc1cccc(N[C@H]2CC(=O)N(c3ccc(C)cc3)C2=O)c1. The van der Waals surface area contributed by atoms with Gasteiger partial charge in [0.25, 0.3) is 5.91 Å². The van der Waals surface area contributed by atoms with E-state index in [1.54, 1.807) is 36.4 Å². The van der Waals surface area contributed by atoms with Crippen molar-refractivity contribution in [2.45, 2.75) is 26.3 Å². The third-order valence-corrected chi connectivity index (χ3v) is 3.96. The molecule has 1 aliphatic heterocycles. The van der Waals surface area contributed by atoms with E-state index in [-0.39, 0.29) is 24.1 Å². The average Bonchev–Trinajstić information content (AvgIpc) is 2.82. The molecule has 0 bridgehead atoms. The van der Waals surface area contributed by atoms with Crippen molar-refractivity contribution in [3.05, 3.63) is 54.1 Å². The first-order chi connectivity index (χ1) is 11.9. The standard InChI is InChI=1S/C19H19N3O3/c1-12-6-8-16(9-7-12)22-18(24)11-17(19(22)25)21-15-5-3-4-14(10-15)20-13(2)23/h3-10,17,21H,11H2,1-2H3,(H,20,23)/t17-/m0/s1. The smallest absolute Gasteiger partial charge is 0.256 e. The minimum atomic E-state index is -0.624. The molecule has 0 spiro atoms. The van der Waals surface area contributed by atoms with Crippen LogP contribution in [0.25, 0.3) is 0 Å². The topological polar surface area (TPSA) is 78.5 Å². The van der Waals surface area contributed by atoms with E-state index in [4.69, 9.17) is 0 Å². The molecule has 1 atom stereocenters. The molecule has 0 unspecified atom stereocenters. The fourth-order valence-corrected chi connectivity index (χ4v) is 2.80. The number of nitrogens with zero attached hydrogens (tertiary/aromatic N) is 1. The van der Waals surface area contributed by atoms with Crippen LogP contribution in [0.15, 0.2) is 48.5 Å². The van der Waals surface area contributed by atoms with E-state index in [0.29, 0.717) is 17.1 Å². The molecule has 1 heterocycles. The lowest BCUT2D eigenvalue weighted by Crippen LogP contribution is -2.34. The highest BCUT2D eigenvalue weighted by molar-refractivity contribution is 6.23. The Morgan fingerprint density at radius 2 is 1.76 bits per heavy atom. The predicted molar refractivity (Wildman–Crippen MR) is 96.4 cm³/mol. The summed E-state index contributed by atoms with van der Waals surface area (Å²) >= 11 is 0. The van der Waals surface area contributed by atoms with Crippen molar-refractivity contribution in [3.63, 3.8) is 0 Å². The number of aryl methyl sites for hydroxylation is 1. The normalized spacial score (nSPS) is 16.9. The first-order valence-electron chi connectivity index (χ1n) is 8.02. The Kier molecular flexibility index (Phi) is 4.52. The van der Waals surface area contributed by atoms with Gasteiger partial charge in [-0.05, 0) is 37.3 Å². The van der Waals surface area contributed by atoms with E-state index in [1.165, 1.54) is 11.8 Å². The summed E-state index contributed by atoms with van der Waals surface area (Å²) in [6.45, 7) is 3.38. The van der Waals surface area contributed by atoms with Gasteiger partial charge in [0.05, 0.1) is 12.1 Å². The van der Waals surface area contributed by atoms with E-state index in [2.05, 4.69) is 10.6 Å². The summed E-state index contributed by atoms with van der Waals surface area (Å²) in [5.74, 6) is -0.682. The lowest BCUT2D eigenvalue weighted by molar-refractivity contribution is -0.121. The maximum Gasteiger partial charge on any atom is 0.256 e. The number of hydrogen-bond donors (Lipinski definition) is 2. The zero-order chi connectivity index (χ0) is 18.0. The molecule has 3 rings (SSSR count). The van der Waals surface area contributed by atoms with Gasteiger partial charge in [0.15, 0.2) is 0 Å². The van der Waals surface area contributed by atoms with Gasteiger partial charge in [0.2, 0.25) is 11.8 Å². The Morgan fingerprint density at radius 3 is 2.44 bits per heavy atom. The highest BCUT2D eigenvalue weighted by Gasteiger charge is 2.39. The van der Waals surface area contributed by atoms with Crippen LogP contribution in [0.4, 0.5) is 17.1 Å². The van der Waals surface area contributed by atoms with Gasteiger partial charge in [0.1, 0.15) is 6.04 Å². The van der Waals surface area contributed by atoms with Crippen molar-refractivity contribution >= 4 is 34.8 Å². The number of carbonyl (C=O) groups is 3. The fourth-order valence-electron chi connectivity index (χ4n) is 2.80. The molecule has 0 aromatic heterocycles. The summed E-state index contributed by atoms with van der Waals surface area (Å²) in [7, 11) is 0. The molecule has 0 aliphatic carbocycles. The van der Waals surface area contributed by atoms with Crippen LogP contribution in [0.5, 0.6) is 0 Å². The van der Waals surface area contributed by atoms with Crippen LogP contribution in [0, 0.1) is 6.92 Å². The lowest BCUT2D eigenvalue weighted by Gasteiger charge is -2.16. The Labute approximate surface area is 145 Å². The summed E-state index contributed by atoms with van der Waals surface area (Å²) in [4.78, 5) is 37.3. The third-order valence-electron chi connectivity index (χ3n) is 3.96. The van der Waals surface area contributed by atoms with Crippen LogP contribution in [-0.4, -0.2) is 23.8 Å². The Hall–Kier alpha value is -3.15. The van der Waals surface area contributed by atoms with Crippen LogP contribution in [0.3, 0.4) is 0 Å². The largest absolute Gasteiger partial charge is 0.373 e. The number of carbonyl (C=O) groups excluding carboxylic acids is 3. The summed E-state index contributed by atoms with van der Waals surface area (Å²) in [5.41, 5.74) is 2.94. The molecule has 25 heavy (non-hydrogen) atoms. The quantitative estimate of drug-likeness (QED) is 0.841. The van der Waals surface area contributed by atoms with Gasteiger partial charge < -0.3 is 10.6 Å². The minimum absolute atomic E-state index is 0.0943. The van der Waals surface area contributed by atoms with Gasteiger partial charge in [-0.1, -0.05) is 23.8 Å². The molecule has 2 aromatic carbocycles. The molecule has 128 valence electrons. The molecule has 2 aromatic rings. The molecule has 1 aliphatic rings. The first kappa shape index (κ1) is 16.7. The molecule has 0 radical (unpaired) electrons. The van der Waals surface area contributed by atoms with Gasteiger partial charge in [-0.15, -0.1) is 0 Å². The number of imide groups is 1. The maximum absolute atomic E-state index is 12.6. The molecular weight excluding hydrogens is 318 g/mol. The molecule has 2 N–H and O–H groups in total. The van der Waals surface area contributed by atoms with Gasteiger partial charge in [-0.3, -0.25) is 14.4 Å². The third kappa shape index (κ3) is 3.68. The monoisotopic (exact) mass is 337 g/mol. The summed E-state index contributed by atoms with van der Waals surface area (Å²) in [6.07, 6.45) is 0.0943. The summed E-state index contributed by atoms with van der Waals surface area (Å²) in [6, 6.07) is 13.7. The van der Waals surface area contributed by atoms with Crippen LogP contribution in [0.1, 0.15) is 18.9 Å². The number of rotatable bonds is 4. The van der Waals surface area contributed by atoms with Gasteiger partial charge in [0, 0.05) is 18.3 Å². The van der Waals surface area contributed by atoms with Crippen molar-refractivity contribution in [2.75, 3.05) is 15.5 Å². The van der Waals surface area contributed by atoms with E-state index in [0.717, 1.165) is 5.56 Å². The van der Waals surface area contributed by atoms with E-state index in [1.807, 2.05) is 19.1 Å². The number of hydrogen-bond acceptors (Lipinski definition) is 4. The molecule has 3 amide bonds. The minimum Gasteiger partial charge on any atom is -0.373 e. The number of nitrogens with one attached hydrogen (secondary N) is 2. The molecule has 6 heteroatoms. The Balaban J connectivity index is 1.76. The highest BCUT2D eigenvalue weighted by atomic mass is 16.2. The fraction of sp³-hybridized carbons (Fsp3) is 0.211. The van der Waals surface area contributed by atoms with E-state index >= 15 is 0 Å². The van der Waals surface area contributed by atoms with Gasteiger partial charge >= 0.3 is 0 Å². The van der Waals surface area contributed by atoms with Crippen molar-refractivity contribution < 1.29 is 14.4 Å². The zero-order valence-electron chi connectivity index (χ0n) is 14.1.